The summed E-state index contributed by atoms with van der Waals surface area (Å²) in [4.78, 5) is 14.9. The molecule has 98 valence electrons. The Morgan fingerprint density at radius 3 is 2.79 bits per heavy atom. The standard InChI is InChI=1S/C14H12ClNO3/c1-2-19-11-5-10(7-16-8-11)12-4-3-9(14(17)18)6-13(12)15/h3-8H,2H2,1H3,(H,17,18). The predicted octanol–water partition coefficient (Wildman–Crippen LogP) is 3.50. The van der Waals surface area contributed by atoms with Crippen molar-refractivity contribution in [2.75, 3.05) is 6.61 Å². The van der Waals surface area contributed by atoms with Gasteiger partial charge >= 0.3 is 5.97 Å². The molecule has 2 rings (SSSR count). The van der Waals surface area contributed by atoms with Gasteiger partial charge in [0.1, 0.15) is 5.75 Å². The summed E-state index contributed by atoms with van der Waals surface area (Å²) in [6.07, 6.45) is 3.27. The van der Waals surface area contributed by atoms with Gasteiger partial charge in [0.25, 0.3) is 0 Å². The molecule has 0 saturated carbocycles. The largest absolute Gasteiger partial charge is 0.492 e. The van der Waals surface area contributed by atoms with E-state index in [-0.39, 0.29) is 5.56 Å². The van der Waals surface area contributed by atoms with Crippen molar-refractivity contribution in [3.8, 4) is 16.9 Å². The quantitative estimate of drug-likeness (QED) is 0.929. The van der Waals surface area contributed by atoms with Gasteiger partial charge in [-0.3, -0.25) is 4.98 Å². The lowest BCUT2D eigenvalue weighted by Gasteiger charge is -2.08. The van der Waals surface area contributed by atoms with Crippen molar-refractivity contribution in [1.29, 1.82) is 0 Å². The van der Waals surface area contributed by atoms with E-state index in [1.54, 1.807) is 18.5 Å². The molecule has 1 aromatic heterocycles. The number of rotatable bonds is 4. The molecule has 19 heavy (non-hydrogen) atoms. The van der Waals surface area contributed by atoms with Crippen LogP contribution < -0.4 is 4.74 Å². The van der Waals surface area contributed by atoms with Gasteiger partial charge in [-0.25, -0.2) is 4.79 Å². The molecule has 5 heteroatoms. The predicted molar refractivity (Wildman–Crippen MR) is 72.8 cm³/mol. The third-order valence-corrected chi connectivity index (χ3v) is 2.86. The minimum Gasteiger partial charge on any atom is -0.492 e. The molecule has 0 fully saturated rings. The van der Waals surface area contributed by atoms with E-state index in [0.717, 1.165) is 11.1 Å². The van der Waals surface area contributed by atoms with E-state index in [1.807, 2.05) is 13.0 Å². The van der Waals surface area contributed by atoms with Crippen molar-refractivity contribution < 1.29 is 14.6 Å². The van der Waals surface area contributed by atoms with Gasteiger partial charge < -0.3 is 9.84 Å². The zero-order chi connectivity index (χ0) is 13.8. The highest BCUT2D eigenvalue weighted by atomic mass is 35.5. The van der Waals surface area contributed by atoms with Crippen LogP contribution in [0, 0.1) is 0 Å². The first-order chi connectivity index (χ1) is 9.11. The molecule has 0 aliphatic rings. The first-order valence-corrected chi connectivity index (χ1v) is 6.10. The monoisotopic (exact) mass is 277 g/mol. The van der Waals surface area contributed by atoms with Gasteiger partial charge in [0.05, 0.1) is 18.4 Å². The van der Waals surface area contributed by atoms with Crippen LogP contribution in [0.1, 0.15) is 17.3 Å². The molecule has 0 amide bonds. The number of carboxylic acid groups (broad SMARTS) is 1. The van der Waals surface area contributed by atoms with Crippen molar-refractivity contribution in [3.05, 3.63) is 47.2 Å². The molecule has 0 spiro atoms. The smallest absolute Gasteiger partial charge is 0.335 e. The Bertz CT molecular complexity index is 613. The second-order valence-corrected chi connectivity index (χ2v) is 4.25. The number of aromatic nitrogens is 1. The zero-order valence-corrected chi connectivity index (χ0v) is 11.0. The maximum atomic E-state index is 10.8. The molecular weight excluding hydrogens is 266 g/mol. The Kier molecular flexibility index (Phi) is 4.02. The van der Waals surface area contributed by atoms with Gasteiger partial charge in [-0.05, 0) is 25.1 Å². The molecule has 1 aromatic carbocycles. The van der Waals surface area contributed by atoms with Gasteiger partial charge in [0, 0.05) is 22.3 Å². The van der Waals surface area contributed by atoms with Crippen LogP contribution in [0.2, 0.25) is 5.02 Å². The molecule has 2 aromatic rings. The number of aromatic carboxylic acids is 1. The number of hydrogen-bond acceptors (Lipinski definition) is 3. The van der Waals surface area contributed by atoms with Gasteiger partial charge in [0.15, 0.2) is 0 Å². The topological polar surface area (TPSA) is 59.4 Å². The summed E-state index contributed by atoms with van der Waals surface area (Å²) in [5.74, 6) is -0.354. The number of halogens is 1. The normalized spacial score (nSPS) is 10.2. The summed E-state index contributed by atoms with van der Waals surface area (Å²) in [5.41, 5.74) is 1.66. The van der Waals surface area contributed by atoms with Crippen molar-refractivity contribution in [1.82, 2.24) is 4.98 Å². The molecular formula is C14H12ClNO3. The van der Waals surface area contributed by atoms with Crippen LogP contribution in [0.3, 0.4) is 0 Å². The molecule has 1 N–H and O–H groups in total. The van der Waals surface area contributed by atoms with Crippen molar-refractivity contribution in [2.24, 2.45) is 0 Å². The lowest BCUT2D eigenvalue weighted by atomic mass is 10.1. The fraction of sp³-hybridized carbons (Fsp3) is 0.143. The zero-order valence-electron chi connectivity index (χ0n) is 10.3. The van der Waals surface area contributed by atoms with Crippen LogP contribution in [0.5, 0.6) is 5.75 Å². The molecule has 0 bridgehead atoms. The summed E-state index contributed by atoms with van der Waals surface area (Å²) in [6.45, 7) is 2.44. The Labute approximate surface area is 115 Å². The molecule has 0 radical (unpaired) electrons. The van der Waals surface area contributed by atoms with E-state index in [9.17, 15) is 4.79 Å². The average Bonchev–Trinajstić information content (AvgIpc) is 2.39. The highest BCUT2D eigenvalue weighted by molar-refractivity contribution is 6.33. The number of carboxylic acids is 1. The lowest BCUT2D eigenvalue weighted by molar-refractivity contribution is 0.0697. The fourth-order valence-electron chi connectivity index (χ4n) is 1.69. The second-order valence-electron chi connectivity index (χ2n) is 3.84. The maximum Gasteiger partial charge on any atom is 0.335 e. The fourth-order valence-corrected chi connectivity index (χ4v) is 1.98. The highest BCUT2D eigenvalue weighted by Gasteiger charge is 2.09. The van der Waals surface area contributed by atoms with Crippen molar-refractivity contribution >= 4 is 17.6 Å². The number of benzene rings is 1. The molecule has 0 unspecified atom stereocenters. The van der Waals surface area contributed by atoms with Crippen LogP contribution in [-0.4, -0.2) is 22.7 Å². The Morgan fingerprint density at radius 2 is 2.16 bits per heavy atom. The number of ether oxygens (including phenoxy) is 1. The van der Waals surface area contributed by atoms with E-state index in [1.165, 1.54) is 12.1 Å². The van der Waals surface area contributed by atoms with Crippen molar-refractivity contribution in [3.63, 3.8) is 0 Å². The van der Waals surface area contributed by atoms with Crippen LogP contribution in [0.25, 0.3) is 11.1 Å². The summed E-state index contributed by atoms with van der Waals surface area (Å²) < 4.78 is 5.37. The Balaban J connectivity index is 2.41. The van der Waals surface area contributed by atoms with Crippen LogP contribution in [0.15, 0.2) is 36.7 Å². The third kappa shape index (κ3) is 3.03. The van der Waals surface area contributed by atoms with Gasteiger partial charge in [0.2, 0.25) is 0 Å². The maximum absolute atomic E-state index is 10.8. The highest BCUT2D eigenvalue weighted by Crippen LogP contribution is 2.30. The van der Waals surface area contributed by atoms with E-state index in [0.29, 0.717) is 17.4 Å². The summed E-state index contributed by atoms with van der Waals surface area (Å²) in [5, 5.41) is 9.26. The SMILES string of the molecule is CCOc1cncc(-c2ccc(C(=O)O)cc2Cl)c1. The Morgan fingerprint density at radius 1 is 1.37 bits per heavy atom. The molecule has 0 aliphatic carbocycles. The number of hydrogen-bond donors (Lipinski definition) is 1. The molecule has 0 aliphatic heterocycles. The van der Waals surface area contributed by atoms with E-state index >= 15 is 0 Å². The molecule has 1 heterocycles. The van der Waals surface area contributed by atoms with Crippen molar-refractivity contribution in [2.45, 2.75) is 6.92 Å². The minimum atomic E-state index is -1.00. The van der Waals surface area contributed by atoms with Gasteiger partial charge in [-0.1, -0.05) is 17.7 Å². The molecule has 0 atom stereocenters. The van der Waals surface area contributed by atoms with Gasteiger partial charge in [-0.2, -0.15) is 0 Å². The summed E-state index contributed by atoms with van der Waals surface area (Å²) in [6, 6.07) is 6.42. The first-order valence-electron chi connectivity index (χ1n) is 5.73. The van der Waals surface area contributed by atoms with Crippen LogP contribution in [-0.2, 0) is 0 Å². The van der Waals surface area contributed by atoms with Gasteiger partial charge in [-0.15, -0.1) is 0 Å². The molecule has 4 nitrogen and oxygen atoms in total. The van der Waals surface area contributed by atoms with E-state index < -0.39 is 5.97 Å². The number of nitrogens with zero attached hydrogens (tertiary/aromatic N) is 1. The van der Waals surface area contributed by atoms with E-state index in [2.05, 4.69) is 4.98 Å². The average molecular weight is 278 g/mol. The second kappa shape index (κ2) is 5.71. The van der Waals surface area contributed by atoms with Crippen LogP contribution >= 0.6 is 11.6 Å². The number of pyridine rings is 1. The first kappa shape index (κ1) is 13.4. The van der Waals surface area contributed by atoms with E-state index in [4.69, 9.17) is 21.4 Å². The number of carbonyl (C=O) groups is 1. The minimum absolute atomic E-state index is 0.155. The molecule has 0 saturated heterocycles. The summed E-state index contributed by atoms with van der Waals surface area (Å²) in [7, 11) is 0. The third-order valence-electron chi connectivity index (χ3n) is 2.55. The Hall–Kier alpha value is -2.07. The summed E-state index contributed by atoms with van der Waals surface area (Å²) >= 11 is 6.11. The van der Waals surface area contributed by atoms with Crippen LogP contribution in [0.4, 0.5) is 0 Å². The lowest BCUT2D eigenvalue weighted by Crippen LogP contribution is -1.96.